The molecule has 26 heavy (non-hydrogen) atoms. The fraction of sp³-hybridized carbons (Fsp3) is 0.588. The number of benzene rings is 1. The molecule has 0 saturated carbocycles. The van der Waals surface area contributed by atoms with Crippen molar-refractivity contribution >= 4 is 21.6 Å². The molecule has 3 rings (SSSR count). The molecule has 0 aliphatic carbocycles. The molecule has 1 amide bonds. The van der Waals surface area contributed by atoms with Crippen molar-refractivity contribution in [1.29, 1.82) is 0 Å². The molecule has 2 aliphatic heterocycles. The van der Waals surface area contributed by atoms with E-state index in [1.165, 1.54) is 0 Å². The van der Waals surface area contributed by atoms with Crippen molar-refractivity contribution in [3.63, 3.8) is 0 Å². The second-order valence-corrected chi connectivity index (χ2v) is 8.32. The number of hydrogen-bond acceptors (Lipinski definition) is 6. The fourth-order valence-electron chi connectivity index (χ4n) is 3.12. The second kappa shape index (κ2) is 7.71. The van der Waals surface area contributed by atoms with Gasteiger partial charge < -0.3 is 19.3 Å². The maximum atomic E-state index is 12.7. The summed E-state index contributed by atoms with van der Waals surface area (Å²) in [6, 6.07) is 4.92. The van der Waals surface area contributed by atoms with Crippen LogP contribution in [0.5, 0.6) is 11.5 Å². The van der Waals surface area contributed by atoms with Crippen LogP contribution in [0.4, 0.5) is 5.69 Å². The normalized spacial score (nSPS) is 17.8. The van der Waals surface area contributed by atoms with E-state index in [1.807, 2.05) is 0 Å². The van der Waals surface area contributed by atoms with E-state index in [9.17, 15) is 13.2 Å². The number of rotatable bonds is 5. The van der Waals surface area contributed by atoms with Crippen molar-refractivity contribution in [1.82, 2.24) is 9.80 Å². The van der Waals surface area contributed by atoms with Crippen LogP contribution in [-0.4, -0.2) is 82.9 Å². The number of sulfonamides is 1. The third-order valence-corrected chi connectivity index (χ3v) is 5.81. The molecule has 1 aromatic rings. The Morgan fingerprint density at radius 2 is 1.77 bits per heavy atom. The average Bonchev–Trinajstić information content (AvgIpc) is 2.64. The van der Waals surface area contributed by atoms with Crippen LogP contribution in [0.25, 0.3) is 0 Å². The van der Waals surface area contributed by atoms with Gasteiger partial charge in [-0.25, -0.2) is 8.42 Å². The lowest BCUT2D eigenvalue weighted by Gasteiger charge is -2.35. The summed E-state index contributed by atoms with van der Waals surface area (Å²) in [7, 11) is -3.61. The summed E-state index contributed by atoms with van der Waals surface area (Å²) in [4.78, 5) is 16.6. The third kappa shape index (κ3) is 4.21. The highest BCUT2D eigenvalue weighted by atomic mass is 32.2. The molecule has 0 unspecified atom stereocenters. The number of hydrogen-bond donors (Lipinski definition) is 0. The first-order chi connectivity index (χ1) is 12.4. The Kier molecular flexibility index (Phi) is 5.57. The van der Waals surface area contributed by atoms with Gasteiger partial charge in [0.25, 0.3) is 0 Å². The molecule has 1 saturated heterocycles. The molecule has 8 nitrogen and oxygen atoms in total. The molecule has 0 spiro atoms. The van der Waals surface area contributed by atoms with Crippen LogP contribution in [0.1, 0.15) is 6.92 Å². The Balaban J connectivity index is 1.76. The minimum absolute atomic E-state index is 0.193. The van der Waals surface area contributed by atoms with Crippen molar-refractivity contribution in [3.05, 3.63) is 18.2 Å². The van der Waals surface area contributed by atoms with E-state index in [-0.39, 0.29) is 12.5 Å². The Morgan fingerprint density at radius 1 is 1.12 bits per heavy atom. The van der Waals surface area contributed by atoms with Crippen LogP contribution in [0.3, 0.4) is 0 Å². The number of carbonyl (C=O) groups is 1. The highest BCUT2D eigenvalue weighted by Gasteiger charge is 2.27. The number of amides is 1. The maximum Gasteiger partial charge on any atom is 0.243 e. The van der Waals surface area contributed by atoms with Gasteiger partial charge in [-0.05, 0) is 18.7 Å². The Labute approximate surface area is 154 Å². The summed E-state index contributed by atoms with van der Waals surface area (Å²) in [5, 5.41) is 0. The first-order valence-corrected chi connectivity index (χ1v) is 10.6. The van der Waals surface area contributed by atoms with Gasteiger partial charge in [-0.1, -0.05) is 6.92 Å². The molecule has 0 N–H and O–H groups in total. The van der Waals surface area contributed by atoms with Gasteiger partial charge in [0.05, 0.1) is 11.9 Å². The minimum atomic E-state index is -3.61. The zero-order valence-electron chi connectivity index (χ0n) is 15.2. The zero-order chi connectivity index (χ0) is 18.7. The second-order valence-electron chi connectivity index (χ2n) is 6.41. The van der Waals surface area contributed by atoms with Crippen molar-refractivity contribution < 1.29 is 22.7 Å². The number of anilines is 1. The lowest BCUT2D eigenvalue weighted by molar-refractivity contribution is -0.131. The molecule has 0 aromatic heterocycles. The van der Waals surface area contributed by atoms with Gasteiger partial charge in [-0.15, -0.1) is 0 Å². The molecule has 9 heteroatoms. The van der Waals surface area contributed by atoms with Gasteiger partial charge in [0, 0.05) is 32.2 Å². The van der Waals surface area contributed by atoms with E-state index < -0.39 is 10.0 Å². The summed E-state index contributed by atoms with van der Waals surface area (Å²) in [5.41, 5.74) is 0.400. The summed E-state index contributed by atoms with van der Waals surface area (Å²) in [6.07, 6.45) is 1.10. The smallest absolute Gasteiger partial charge is 0.243 e. The van der Waals surface area contributed by atoms with Crippen LogP contribution < -0.4 is 13.8 Å². The van der Waals surface area contributed by atoms with Crippen LogP contribution in [0.2, 0.25) is 0 Å². The van der Waals surface area contributed by atoms with Gasteiger partial charge in [0.15, 0.2) is 11.5 Å². The van der Waals surface area contributed by atoms with E-state index in [0.717, 1.165) is 30.2 Å². The van der Waals surface area contributed by atoms with Gasteiger partial charge in [0.2, 0.25) is 15.9 Å². The zero-order valence-corrected chi connectivity index (χ0v) is 16.0. The van der Waals surface area contributed by atoms with Crippen LogP contribution in [0.15, 0.2) is 18.2 Å². The van der Waals surface area contributed by atoms with Crippen LogP contribution in [0, 0.1) is 0 Å². The molecule has 1 aromatic carbocycles. The van der Waals surface area contributed by atoms with Gasteiger partial charge in [-0.3, -0.25) is 9.10 Å². The third-order valence-electron chi connectivity index (χ3n) is 4.67. The highest BCUT2D eigenvalue weighted by Crippen LogP contribution is 2.34. The van der Waals surface area contributed by atoms with Crippen molar-refractivity contribution in [2.45, 2.75) is 6.92 Å². The van der Waals surface area contributed by atoms with Gasteiger partial charge in [-0.2, -0.15) is 0 Å². The number of ether oxygens (including phenoxy) is 2. The fourth-order valence-corrected chi connectivity index (χ4v) is 3.97. The summed E-state index contributed by atoms with van der Waals surface area (Å²) >= 11 is 0. The van der Waals surface area contributed by atoms with E-state index in [0.29, 0.717) is 43.5 Å². The van der Waals surface area contributed by atoms with E-state index >= 15 is 0 Å². The first-order valence-electron chi connectivity index (χ1n) is 8.76. The number of carbonyl (C=O) groups excluding carboxylic acids is 1. The van der Waals surface area contributed by atoms with Gasteiger partial charge >= 0.3 is 0 Å². The average molecular weight is 383 g/mol. The lowest BCUT2D eigenvalue weighted by atomic mass is 10.2. The minimum Gasteiger partial charge on any atom is -0.486 e. The number of piperazine rings is 1. The van der Waals surface area contributed by atoms with Crippen molar-refractivity contribution in [2.24, 2.45) is 0 Å². The molecule has 1 fully saturated rings. The predicted molar refractivity (Wildman–Crippen MR) is 98.3 cm³/mol. The maximum absolute atomic E-state index is 12.7. The largest absolute Gasteiger partial charge is 0.486 e. The highest BCUT2D eigenvalue weighted by molar-refractivity contribution is 7.92. The molecule has 2 aliphatic rings. The van der Waals surface area contributed by atoms with Gasteiger partial charge in [0.1, 0.15) is 19.8 Å². The standard InChI is InChI=1S/C17H25N3O5S/c1-3-18-6-8-19(9-7-18)17(21)13-20(26(2,22)23)14-4-5-15-16(12-14)25-11-10-24-15/h4-5,12H,3,6-11,13H2,1-2H3. The molecular formula is C17H25N3O5S. The predicted octanol–water partition coefficient (Wildman–Crippen LogP) is 0.388. The monoisotopic (exact) mass is 383 g/mol. The summed E-state index contributed by atoms with van der Waals surface area (Å²) in [5.74, 6) is 0.878. The first kappa shape index (κ1) is 18.8. The number of fused-ring (bicyclic) bond motifs is 1. The van der Waals surface area contributed by atoms with Crippen molar-refractivity contribution in [2.75, 3.05) is 63.0 Å². The van der Waals surface area contributed by atoms with Crippen molar-refractivity contribution in [3.8, 4) is 11.5 Å². The Hall–Kier alpha value is -2.00. The van der Waals surface area contributed by atoms with Crippen LogP contribution >= 0.6 is 0 Å². The van der Waals surface area contributed by atoms with Crippen LogP contribution in [-0.2, 0) is 14.8 Å². The molecule has 0 radical (unpaired) electrons. The lowest BCUT2D eigenvalue weighted by Crippen LogP contribution is -2.51. The van der Waals surface area contributed by atoms with E-state index in [1.54, 1.807) is 23.1 Å². The number of likely N-dealkylation sites (N-methyl/N-ethyl adjacent to an activating group) is 1. The summed E-state index contributed by atoms with van der Waals surface area (Å²) < 4.78 is 36.7. The Bertz CT molecular complexity index is 760. The SMILES string of the molecule is CCN1CCN(C(=O)CN(c2ccc3c(c2)OCCO3)S(C)(=O)=O)CC1. The molecule has 144 valence electrons. The molecule has 0 bridgehead atoms. The number of nitrogens with zero attached hydrogens (tertiary/aromatic N) is 3. The molecule has 0 atom stereocenters. The van der Waals surface area contributed by atoms with E-state index in [2.05, 4.69) is 11.8 Å². The topological polar surface area (TPSA) is 79.4 Å². The summed E-state index contributed by atoms with van der Waals surface area (Å²) in [6.45, 7) is 6.55. The Morgan fingerprint density at radius 3 is 2.38 bits per heavy atom. The van der Waals surface area contributed by atoms with E-state index in [4.69, 9.17) is 9.47 Å². The molecule has 2 heterocycles. The molecular weight excluding hydrogens is 358 g/mol. The quantitative estimate of drug-likeness (QED) is 0.732.